The molecule has 0 spiro atoms. The first-order valence-electron chi connectivity index (χ1n) is 2.17. The van der Waals surface area contributed by atoms with E-state index in [1.165, 1.54) is 0 Å². The Bertz CT molecular complexity index is 86.1. The molecule has 0 aromatic rings. The molecular weight excluding hydrogens is 90.1 g/mol. The van der Waals surface area contributed by atoms with Crippen LogP contribution in [0.15, 0.2) is 12.2 Å². The molecule has 40 valence electrons. The van der Waals surface area contributed by atoms with Crippen LogP contribution in [0, 0.1) is 0 Å². The summed E-state index contributed by atoms with van der Waals surface area (Å²) < 4.78 is 0. The molecule has 0 saturated carbocycles. The summed E-state index contributed by atoms with van der Waals surface area (Å²) in [6.07, 6.45) is 3.88. The molecule has 1 amide bonds. The number of primary amides is 1. The minimum Gasteiger partial charge on any atom is -0.369 e. The molecule has 0 fully saturated rings. The molecule has 0 aromatic carbocycles. The highest BCUT2D eigenvalue weighted by Crippen LogP contribution is 1.76. The van der Waals surface area contributed by atoms with E-state index >= 15 is 0 Å². The van der Waals surface area contributed by atoms with Crippen molar-refractivity contribution in [1.82, 2.24) is 0 Å². The zero-order valence-electron chi connectivity index (χ0n) is 4.35. The van der Waals surface area contributed by atoms with Gasteiger partial charge in [-0.15, -0.1) is 0 Å². The van der Waals surface area contributed by atoms with Crippen molar-refractivity contribution in [1.29, 1.82) is 0 Å². The number of rotatable bonds is 2. The maximum absolute atomic E-state index is 9.93. The first-order valence-corrected chi connectivity index (χ1v) is 2.17. The van der Waals surface area contributed by atoms with E-state index < -0.39 is 0 Å². The number of carbonyl (C=O) groups is 1. The average Bonchev–Trinajstić information content (AvgIpc) is 1.61. The molecule has 0 heterocycles. The SMILES string of the molecule is C/C=C/CC(N)=O. The Labute approximate surface area is 43.0 Å². The van der Waals surface area contributed by atoms with Crippen LogP contribution in [0.25, 0.3) is 0 Å². The highest BCUT2D eigenvalue weighted by Gasteiger charge is 1.82. The van der Waals surface area contributed by atoms with Gasteiger partial charge in [-0.05, 0) is 6.92 Å². The fraction of sp³-hybridized carbons (Fsp3) is 0.400. The van der Waals surface area contributed by atoms with Crippen molar-refractivity contribution in [2.45, 2.75) is 13.3 Å². The van der Waals surface area contributed by atoms with Crippen molar-refractivity contribution in [3.8, 4) is 0 Å². The van der Waals surface area contributed by atoms with E-state index in [0.717, 1.165) is 0 Å². The lowest BCUT2D eigenvalue weighted by Crippen LogP contribution is -2.07. The minimum atomic E-state index is -0.280. The van der Waals surface area contributed by atoms with Crippen molar-refractivity contribution < 1.29 is 4.79 Å². The van der Waals surface area contributed by atoms with Gasteiger partial charge in [0.25, 0.3) is 0 Å². The van der Waals surface area contributed by atoms with E-state index in [2.05, 4.69) is 0 Å². The van der Waals surface area contributed by atoms with Crippen LogP contribution in [0.4, 0.5) is 0 Å². The molecule has 0 atom stereocenters. The van der Waals surface area contributed by atoms with E-state index in [1.807, 2.05) is 6.92 Å². The Morgan fingerprint density at radius 2 is 2.43 bits per heavy atom. The second-order valence-electron chi connectivity index (χ2n) is 1.24. The first kappa shape index (κ1) is 6.21. The summed E-state index contributed by atoms with van der Waals surface area (Å²) in [6, 6.07) is 0. The van der Waals surface area contributed by atoms with E-state index in [1.54, 1.807) is 12.2 Å². The fourth-order valence-corrected chi connectivity index (χ4v) is 0.234. The Hall–Kier alpha value is -0.790. The Morgan fingerprint density at radius 1 is 1.86 bits per heavy atom. The van der Waals surface area contributed by atoms with Gasteiger partial charge >= 0.3 is 0 Å². The quantitative estimate of drug-likeness (QED) is 0.501. The normalized spacial score (nSPS) is 9.86. The Balaban J connectivity index is 3.14. The Kier molecular flexibility index (Phi) is 3.02. The summed E-state index contributed by atoms with van der Waals surface area (Å²) in [5.74, 6) is -0.280. The van der Waals surface area contributed by atoms with E-state index in [9.17, 15) is 4.79 Å². The highest BCUT2D eigenvalue weighted by atomic mass is 16.1. The number of carbonyl (C=O) groups excluding carboxylic acids is 1. The molecule has 0 aliphatic carbocycles. The zero-order valence-corrected chi connectivity index (χ0v) is 4.35. The summed E-state index contributed by atoms with van der Waals surface area (Å²) in [6.45, 7) is 1.85. The molecule has 0 unspecified atom stereocenters. The summed E-state index contributed by atoms with van der Waals surface area (Å²) >= 11 is 0. The van der Waals surface area contributed by atoms with Gasteiger partial charge in [0.2, 0.25) is 5.91 Å². The number of hydrogen-bond donors (Lipinski definition) is 1. The van der Waals surface area contributed by atoms with Crippen LogP contribution in [0.2, 0.25) is 0 Å². The molecule has 0 rings (SSSR count). The van der Waals surface area contributed by atoms with E-state index in [4.69, 9.17) is 5.73 Å². The zero-order chi connectivity index (χ0) is 5.70. The van der Waals surface area contributed by atoms with Gasteiger partial charge in [0, 0.05) is 6.42 Å². The minimum absolute atomic E-state index is 0.280. The third-order valence-electron chi connectivity index (χ3n) is 0.555. The van der Waals surface area contributed by atoms with Gasteiger partial charge in [0.1, 0.15) is 0 Å². The molecule has 0 aliphatic heterocycles. The molecule has 0 aliphatic rings. The van der Waals surface area contributed by atoms with Crippen LogP contribution in [0.5, 0.6) is 0 Å². The van der Waals surface area contributed by atoms with Crippen LogP contribution in [-0.4, -0.2) is 5.91 Å². The van der Waals surface area contributed by atoms with Crippen molar-refractivity contribution in [2.75, 3.05) is 0 Å². The van der Waals surface area contributed by atoms with Crippen molar-refractivity contribution in [2.24, 2.45) is 5.73 Å². The molecule has 7 heavy (non-hydrogen) atoms. The maximum atomic E-state index is 9.93. The summed E-state index contributed by atoms with van der Waals surface area (Å²) in [4.78, 5) is 9.93. The lowest BCUT2D eigenvalue weighted by Gasteiger charge is -1.78. The predicted octanol–water partition coefficient (Wildman–Crippen LogP) is 0.438. The molecule has 2 nitrogen and oxygen atoms in total. The second kappa shape index (κ2) is 3.40. The van der Waals surface area contributed by atoms with Crippen LogP contribution in [-0.2, 0) is 4.79 Å². The number of allylic oxidation sites excluding steroid dienone is 1. The molecule has 0 radical (unpaired) electrons. The molecular formula is C5H9NO. The molecule has 2 heteroatoms. The predicted molar refractivity (Wildman–Crippen MR) is 28.6 cm³/mol. The van der Waals surface area contributed by atoms with Gasteiger partial charge in [0.05, 0.1) is 0 Å². The highest BCUT2D eigenvalue weighted by molar-refractivity contribution is 5.75. The fourth-order valence-electron chi connectivity index (χ4n) is 0.234. The summed E-state index contributed by atoms with van der Waals surface area (Å²) in [5, 5.41) is 0. The number of nitrogens with two attached hydrogens (primary N) is 1. The van der Waals surface area contributed by atoms with Crippen molar-refractivity contribution in [3.05, 3.63) is 12.2 Å². The average molecular weight is 99.1 g/mol. The van der Waals surface area contributed by atoms with Crippen LogP contribution >= 0.6 is 0 Å². The molecule has 2 N–H and O–H groups in total. The standard InChI is InChI=1S/C5H9NO/c1-2-3-4-5(6)7/h2-3H,4H2,1H3,(H2,6,7)/b3-2+. The van der Waals surface area contributed by atoms with Crippen LogP contribution in [0.3, 0.4) is 0 Å². The Morgan fingerprint density at radius 3 is 2.57 bits per heavy atom. The maximum Gasteiger partial charge on any atom is 0.221 e. The number of hydrogen-bond acceptors (Lipinski definition) is 1. The van der Waals surface area contributed by atoms with Crippen molar-refractivity contribution >= 4 is 5.91 Å². The van der Waals surface area contributed by atoms with Gasteiger partial charge in [-0.25, -0.2) is 0 Å². The molecule has 0 aromatic heterocycles. The van der Waals surface area contributed by atoms with Gasteiger partial charge in [-0.1, -0.05) is 12.2 Å². The van der Waals surface area contributed by atoms with Crippen LogP contribution < -0.4 is 5.73 Å². The number of amides is 1. The van der Waals surface area contributed by atoms with Crippen molar-refractivity contribution in [3.63, 3.8) is 0 Å². The second-order valence-corrected chi connectivity index (χ2v) is 1.24. The lowest BCUT2D eigenvalue weighted by molar-refractivity contribution is -0.117. The molecule has 0 bridgehead atoms. The summed E-state index contributed by atoms with van der Waals surface area (Å²) in [7, 11) is 0. The summed E-state index contributed by atoms with van der Waals surface area (Å²) in [5.41, 5.74) is 4.79. The van der Waals surface area contributed by atoms with Gasteiger partial charge < -0.3 is 5.73 Å². The largest absolute Gasteiger partial charge is 0.369 e. The molecule has 0 saturated heterocycles. The van der Waals surface area contributed by atoms with Gasteiger partial charge in [-0.2, -0.15) is 0 Å². The first-order chi connectivity index (χ1) is 3.27. The smallest absolute Gasteiger partial charge is 0.221 e. The van der Waals surface area contributed by atoms with Gasteiger partial charge in [-0.3, -0.25) is 4.79 Å². The third kappa shape index (κ3) is 5.21. The van der Waals surface area contributed by atoms with E-state index in [0.29, 0.717) is 6.42 Å². The van der Waals surface area contributed by atoms with E-state index in [-0.39, 0.29) is 5.91 Å². The monoisotopic (exact) mass is 99.1 g/mol. The third-order valence-corrected chi connectivity index (χ3v) is 0.555. The topological polar surface area (TPSA) is 43.1 Å². The van der Waals surface area contributed by atoms with Crippen LogP contribution in [0.1, 0.15) is 13.3 Å². The lowest BCUT2D eigenvalue weighted by atomic mass is 10.4. The van der Waals surface area contributed by atoms with Gasteiger partial charge in [0.15, 0.2) is 0 Å².